The fourth-order valence-corrected chi connectivity index (χ4v) is 3.58. The molecule has 2 heterocycles. The topological polar surface area (TPSA) is 34.0 Å². The molecule has 128 valence electrons. The molecule has 1 aromatic carbocycles. The van der Waals surface area contributed by atoms with Crippen LogP contribution in [0.1, 0.15) is 49.5 Å². The van der Waals surface area contributed by atoms with E-state index in [1.54, 1.807) is 6.07 Å². The molecule has 0 radical (unpaired) electrons. The Balaban J connectivity index is 1.55. The van der Waals surface area contributed by atoms with Gasteiger partial charge in [0.05, 0.1) is 6.04 Å². The van der Waals surface area contributed by atoms with Gasteiger partial charge in [-0.3, -0.25) is 4.90 Å². The molecule has 0 spiro atoms. The summed E-state index contributed by atoms with van der Waals surface area (Å²) in [7, 11) is 0. The van der Waals surface area contributed by atoms with Gasteiger partial charge < -0.3 is 4.57 Å². The molecule has 0 N–H and O–H groups in total. The first kappa shape index (κ1) is 15.7. The molecule has 1 atom stereocenters. The van der Waals surface area contributed by atoms with Crippen LogP contribution in [0.2, 0.25) is 0 Å². The predicted molar refractivity (Wildman–Crippen MR) is 86.1 cm³/mol. The molecular formula is C18H22F2N4. The number of aromatic nitrogens is 3. The first-order valence-electron chi connectivity index (χ1n) is 8.76. The first-order chi connectivity index (χ1) is 11.7. The number of hydrogen-bond donors (Lipinski definition) is 0. The van der Waals surface area contributed by atoms with Crippen molar-refractivity contribution in [1.82, 2.24) is 19.7 Å². The standard InChI is InChI=1S/C18H22F2N4/c19-15-7-6-14(16(20)9-15)11-23-8-2-1-3-17(23)18-22-21-12-24(18)10-13-4-5-13/h6-7,9,12-13,17H,1-5,8,10-11H2. The van der Waals surface area contributed by atoms with Gasteiger partial charge in [0.2, 0.25) is 0 Å². The van der Waals surface area contributed by atoms with E-state index in [0.717, 1.165) is 50.2 Å². The number of nitrogens with zero attached hydrogens (tertiary/aromatic N) is 4. The van der Waals surface area contributed by atoms with Crippen molar-refractivity contribution in [2.45, 2.75) is 51.2 Å². The van der Waals surface area contributed by atoms with Crippen molar-refractivity contribution in [1.29, 1.82) is 0 Å². The smallest absolute Gasteiger partial charge is 0.150 e. The molecule has 1 aliphatic heterocycles. The van der Waals surface area contributed by atoms with Crippen LogP contribution in [-0.4, -0.2) is 26.2 Å². The molecule has 2 aliphatic rings. The zero-order valence-corrected chi connectivity index (χ0v) is 13.7. The minimum absolute atomic E-state index is 0.157. The number of likely N-dealkylation sites (tertiary alicyclic amines) is 1. The van der Waals surface area contributed by atoms with Crippen LogP contribution >= 0.6 is 0 Å². The molecule has 1 aromatic heterocycles. The fourth-order valence-electron chi connectivity index (χ4n) is 3.58. The molecule has 6 heteroatoms. The predicted octanol–water partition coefficient (Wildman–Crippen LogP) is 3.69. The third-order valence-corrected chi connectivity index (χ3v) is 5.10. The lowest BCUT2D eigenvalue weighted by molar-refractivity contribution is 0.128. The summed E-state index contributed by atoms with van der Waals surface area (Å²) >= 11 is 0. The van der Waals surface area contributed by atoms with Gasteiger partial charge >= 0.3 is 0 Å². The van der Waals surface area contributed by atoms with Gasteiger partial charge in [-0.15, -0.1) is 10.2 Å². The SMILES string of the molecule is Fc1ccc(CN2CCCCC2c2nncn2CC2CC2)c(F)c1. The average Bonchev–Trinajstić information content (AvgIpc) is 3.27. The monoisotopic (exact) mass is 332 g/mol. The largest absolute Gasteiger partial charge is 0.316 e. The van der Waals surface area contributed by atoms with E-state index in [4.69, 9.17) is 0 Å². The normalized spacial score (nSPS) is 22.0. The van der Waals surface area contributed by atoms with E-state index in [2.05, 4.69) is 19.7 Å². The lowest BCUT2D eigenvalue weighted by Crippen LogP contribution is -2.35. The summed E-state index contributed by atoms with van der Waals surface area (Å²) in [6.07, 6.45) is 7.63. The van der Waals surface area contributed by atoms with Crippen LogP contribution in [0.5, 0.6) is 0 Å². The quantitative estimate of drug-likeness (QED) is 0.837. The maximum absolute atomic E-state index is 14.0. The van der Waals surface area contributed by atoms with Crippen molar-refractivity contribution in [2.75, 3.05) is 6.54 Å². The van der Waals surface area contributed by atoms with Crippen LogP contribution < -0.4 is 0 Å². The van der Waals surface area contributed by atoms with E-state index >= 15 is 0 Å². The highest BCUT2D eigenvalue weighted by Crippen LogP contribution is 2.34. The lowest BCUT2D eigenvalue weighted by atomic mass is 10.00. The molecule has 4 rings (SSSR count). The molecule has 4 nitrogen and oxygen atoms in total. The number of hydrogen-bond acceptors (Lipinski definition) is 3. The molecule has 1 unspecified atom stereocenters. The van der Waals surface area contributed by atoms with Crippen LogP contribution in [0.4, 0.5) is 8.78 Å². The van der Waals surface area contributed by atoms with E-state index in [1.165, 1.54) is 18.9 Å². The Morgan fingerprint density at radius 1 is 1.12 bits per heavy atom. The fraction of sp³-hybridized carbons (Fsp3) is 0.556. The van der Waals surface area contributed by atoms with Gasteiger partial charge in [-0.2, -0.15) is 0 Å². The van der Waals surface area contributed by atoms with Crippen molar-refractivity contribution in [2.24, 2.45) is 5.92 Å². The van der Waals surface area contributed by atoms with Gasteiger partial charge in [0, 0.05) is 24.7 Å². The summed E-state index contributed by atoms with van der Waals surface area (Å²) in [6, 6.07) is 3.99. The second-order valence-corrected chi connectivity index (χ2v) is 7.00. The van der Waals surface area contributed by atoms with E-state index in [0.29, 0.717) is 12.1 Å². The second kappa shape index (κ2) is 6.59. The van der Waals surface area contributed by atoms with E-state index in [9.17, 15) is 8.78 Å². The van der Waals surface area contributed by atoms with Crippen molar-refractivity contribution in [3.8, 4) is 0 Å². The van der Waals surface area contributed by atoms with Crippen LogP contribution in [0.25, 0.3) is 0 Å². The van der Waals surface area contributed by atoms with Gasteiger partial charge in [-0.1, -0.05) is 12.5 Å². The molecule has 2 fully saturated rings. The Kier molecular flexibility index (Phi) is 4.31. The van der Waals surface area contributed by atoms with Crippen molar-refractivity contribution in [3.05, 3.63) is 47.5 Å². The van der Waals surface area contributed by atoms with Gasteiger partial charge in [-0.25, -0.2) is 8.78 Å². The van der Waals surface area contributed by atoms with Gasteiger partial charge in [0.25, 0.3) is 0 Å². The molecule has 0 amide bonds. The molecule has 1 aliphatic carbocycles. The Morgan fingerprint density at radius 2 is 2.00 bits per heavy atom. The zero-order chi connectivity index (χ0) is 16.5. The highest BCUT2D eigenvalue weighted by molar-refractivity contribution is 5.19. The Bertz CT molecular complexity index is 711. The minimum atomic E-state index is -0.532. The maximum Gasteiger partial charge on any atom is 0.150 e. The summed E-state index contributed by atoms with van der Waals surface area (Å²) in [4.78, 5) is 2.26. The van der Waals surface area contributed by atoms with Crippen LogP contribution in [0, 0.1) is 17.6 Å². The van der Waals surface area contributed by atoms with Crippen LogP contribution in [-0.2, 0) is 13.1 Å². The third kappa shape index (κ3) is 3.34. The summed E-state index contributed by atoms with van der Waals surface area (Å²) in [6.45, 7) is 2.36. The van der Waals surface area contributed by atoms with Crippen molar-refractivity contribution >= 4 is 0 Å². The second-order valence-electron chi connectivity index (χ2n) is 7.00. The summed E-state index contributed by atoms with van der Waals surface area (Å²) in [5.74, 6) is 0.741. The number of rotatable bonds is 5. The lowest BCUT2D eigenvalue weighted by Gasteiger charge is -2.35. The Morgan fingerprint density at radius 3 is 2.79 bits per heavy atom. The Hall–Kier alpha value is -1.82. The van der Waals surface area contributed by atoms with Crippen LogP contribution in [0.3, 0.4) is 0 Å². The van der Waals surface area contributed by atoms with Crippen LogP contribution in [0.15, 0.2) is 24.5 Å². The summed E-state index contributed by atoms with van der Waals surface area (Å²) < 4.78 is 29.3. The average molecular weight is 332 g/mol. The molecule has 1 saturated heterocycles. The Labute approximate surface area is 140 Å². The van der Waals surface area contributed by atoms with E-state index in [-0.39, 0.29) is 6.04 Å². The molecule has 24 heavy (non-hydrogen) atoms. The molecule has 1 saturated carbocycles. The molecular weight excluding hydrogens is 310 g/mol. The molecule has 2 aromatic rings. The number of piperidine rings is 1. The number of halogens is 2. The zero-order valence-electron chi connectivity index (χ0n) is 13.7. The van der Waals surface area contributed by atoms with Gasteiger partial charge in [0.15, 0.2) is 0 Å². The highest BCUT2D eigenvalue weighted by Gasteiger charge is 2.30. The van der Waals surface area contributed by atoms with Gasteiger partial charge in [0.1, 0.15) is 23.8 Å². The molecule has 0 bridgehead atoms. The first-order valence-corrected chi connectivity index (χ1v) is 8.76. The highest BCUT2D eigenvalue weighted by atomic mass is 19.1. The number of benzene rings is 1. The van der Waals surface area contributed by atoms with Gasteiger partial charge in [-0.05, 0) is 44.2 Å². The van der Waals surface area contributed by atoms with E-state index < -0.39 is 11.6 Å². The maximum atomic E-state index is 14.0. The van der Waals surface area contributed by atoms with E-state index in [1.807, 2.05) is 6.33 Å². The third-order valence-electron chi connectivity index (χ3n) is 5.10. The van der Waals surface area contributed by atoms with Crippen molar-refractivity contribution in [3.63, 3.8) is 0 Å². The van der Waals surface area contributed by atoms with Crippen molar-refractivity contribution < 1.29 is 8.78 Å². The summed E-state index contributed by atoms with van der Waals surface area (Å²) in [5.41, 5.74) is 0.538. The minimum Gasteiger partial charge on any atom is -0.316 e. The summed E-state index contributed by atoms with van der Waals surface area (Å²) in [5, 5.41) is 8.48.